The fourth-order valence-corrected chi connectivity index (χ4v) is 3.78. The zero-order valence-corrected chi connectivity index (χ0v) is 15.9. The van der Waals surface area contributed by atoms with Crippen LogP contribution in [-0.4, -0.2) is 67.2 Å². The van der Waals surface area contributed by atoms with Crippen LogP contribution in [0.3, 0.4) is 0 Å². The Kier molecular flexibility index (Phi) is 7.06. The number of likely N-dealkylation sites (tertiary alicyclic amines) is 1. The third kappa shape index (κ3) is 6.22. The van der Waals surface area contributed by atoms with Crippen LogP contribution in [-0.2, 0) is 16.0 Å². The molecule has 3 N–H and O–H groups in total. The predicted octanol–water partition coefficient (Wildman–Crippen LogP) is 1.82. The van der Waals surface area contributed by atoms with E-state index in [-0.39, 0.29) is 24.5 Å². The molecule has 0 bridgehead atoms. The van der Waals surface area contributed by atoms with Crippen LogP contribution in [0.4, 0.5) is 10.5 Å². The monoisotopic (exact) mass is 374 g/mol. The Morgan fingerprint density at radius 3 is 2.74 bits per heavy atom. The maximum atomic E-state index is 12.7. The number of piperidine rings is 1. The number of hydrogen-bond donors (Lipinski definition) is 2. The van der Waals surface area contributed by atoms with E-state index in [0.29, 0.717) is 25.4 Å². The molecule has 0 unspecified atom stereocenters. The van der Waals surface area contributed by atoms with E-state index in [2.05, 4.69) is 10.2 Å². The first-order valence-corrected chi connectivity index (χ1v) is 9.87. The van der Waals surface area contributed by atoms with Gasteiger partial charge in [-0.3, -0.25) is 4.79 Å². The summed E-state index contributed by atoms with van der Waals surface area (Å²) < 4.78 is 5.98. The number of ether oxygens (including phenoxy) is 1. The second kappa shape index (κ2) is 9.71. The molecule has 0 aromatic heterocycles. The Labute approximate surface area is 160 Å². The number of primary amides is 1. The van der Waals surface area contributed by atoms with Crippen LogP contribution in [0.2, 0.25) is 0 Å². The lowest BCUT2D eigenvalue weighted by Gasteiger charge is -2.31. The Morgan fingerprint density at radius 1 is 1.15 bits per heavy atom. The molecular formula is C20H30N4O3. The molecule has 7 heteroatoms. The highest BCUT2D eigenvalue weighted by atomic mass is 16.5. The van der Waals surface area contributed by atoms with Crippen molar-refractivity contribution in [2.45, 2.75) is 38.2 Å². The number of urea groups is 1. The Hall–Kier alpha value is -2.12. The van der Waals surface area contributed by atoms with Crippen LogP contribution < -0.4 is 11.1 Å². The van der Waals surface area contributed by atoms with Gasteiger partial charge < -0.3 is 25.6 Å². The molecule has 2 saturated heterocycles. The minimum Gasteiger partial charge on any atom is -0.375 e. The number of carbonyl (C=O) groups excluding carboxylic acids is 2. The van der Waals surface area contributed by atoms with E-state index in [1.54, 1.807) is 6.07 Å². The molecule has 2 aliphatic heterocycles. The third-order valence-corrected chi connectivity index (χ3v) is 5.10. The van der Waals surface area contributed by atoms with Crippen LogP contribution in [0, 0.1) is 0 Å². The average molecular weight is 374 g/mol. The summed E-state index contributed by atoms with van der Waals surface area (Å²) in [6, 6.07) is 7.14. The van der Waals surface area contributed by atoms with Crippen LogP contribution in [0.1, 0.15) is 31.2 Å². The summed E-state index contributed by atoms with van der Waals surface area (Å²) in [7, 11) is 0. The van der Waals surface area contributed by atoms with Crippen LogP contribution >= 0.6 is 0 Å². The van der Waals surface area contributed by atoms with E-state index in [4.69, 9.17) is 10.5 Å². The number of nitrogens with zero attached hydrogens (tertiary/aromatic N) is 2. The summed E-state index contributed by atoms with van der Waals surface area (Å²) in [6.45, 7) is 5.11. The first-order valence-electron chi connectivity index (χ1n) is 9.87. The lowest BCUT2D eigenvalue weighted by Crippen LogP contribution is -2.45. The number of anilines is 1. The summed E-state index contributed by atoms with van der Waals surface area (Å²) in [4.78, 5) is 28.1. The molecule has 2 heterocycles. The number of nitrogens with one attached hydrogen (secondary N) is 1. The topological polar surface area (TPSA) is 87.9 Å². The van der Waals surface area contributed by atoms with Crippen LogP contribution in [0.5, 0.6) is 0 Å². The number of rotatable bonds is 5. The Morgan fingerprint density at radius 2 is 1.96 bits per heavy atom. The van der Waals surface area contributed by atoms with Gasteiger partial charge in [0.25, 0.3) is 0 Å². The van der Waals surface area contributed by atoms with Crippen molar-refractivity contribution in [3.05, 3.63) is 29.8 Å². The van der Waals surface area contributed by atoms with Gasteiger partial charge in [-0.05, 0) is 50.0 Å². The van der Waals surface area contributed by atoms with Crippen LogP contribution in [0.25, 0.3) is 0 Å². The average Bonchev–Trinajstić information content (AvgIpc) is 2.88. The molecule has 7 nitrogen and oxygen atoms in total. The Balaban J connectivity index is 1.57. The number of carbonyl (C=O) groups is 2. The summed E-state index contributed by atoms with van der Waals surface area (Å²) in [5.41, 5.74) is 6.72. The molecule has 1 aromatic carbocycles. The largest absolute Gasteiger partial charge is 0.375 e. The van der Waals surface area contributed by atoms with E-state index < -0.39 is 0 Å². The SMILES string of the molecule is NC(=O)Cc1cccc(NC(=O)N2CCCO[C@@H](CN3CCCCC3)C2)c1. The van der Waals surface area contributed by atoms with E-state index >= 15 is 0 Å². The number of amides is 3. The molecule has 0 spiro atoms. The van der Waals surface area contributed by atoms with E-state index in [9.17, 15) is 9.59 Å². The van der Waals surface area contributed by atoms with Gasteiger partial charge in [-0.25, -0.2) is 4.79 Å². The molecule has 0 aliphatic carbocycles. The van der Waals surface area contributed by atoms with Crippen molar-refractivity contribution in [2.24, 2.45) is 5.73 Å². The molecule has 1 aromatic rings. The van der Waals surface area contributed by atoms with Crippen molar-refractivity contribution < 1.29 is 14.3 Å². The van der Waals surface area contributed by atoms with Crippen molar-refractivity contribution in [3.63, 3.8) is 0 Å². The van der Waals surface area contributed by atoms with E-state index in [1.807, 2.05) is 23.1 Å². The van der Waals surface area contributed by atoms with Gasteiger partial charge in [0.2, 0.25) is 5.91 Å². The molecule has 3 rings (SSSR count). The van der Waals surface area contributed by atoms with Gasteiger partial charge >= 0.3 is 6.03 Å². The highest BCUT2D eigenvalue weighted by Crippen LogP contribution is 2.15. The summed E-state index contributed by atoms with van der Waals surface area (Å²) in [5, 5.41) is 2.94. The molecule has 2 fully saturated rings. The Bertz CT molecular complexity index is 646. The van der Waals surface area contributed by atoms with Gasteiger partial charge in [-0.1, -0.05) is 18.6 Å². The van der Waals surface area contributed by atoms with Gasteiger partial charge in [0.05, 0.1) is 12.5 Å². The lowest BCUT2D eigenvalue weighted by atomic mass is 10.1. The second-order valence-corrected chi connectivity index (χ2v) is 7.43. The van der Waals surface area contributed by atoms with Gasteiger partial charge in [-0.15, -0.1) is 0 Å². The standard InChI is InChI=1S/C20H30N4O3/c21-19(25)13-16-6-4-7-17(12-16)22-20(26)24-10-5-11-27-18(15-24)14-23-8-2-1-3-9-23/h4,6-7,12,18H,1-3,5,8-11,13-15H2,(H2,21,25)(H,22,26)/t18-/m0/s1. The maximum Gasteiger partial charge on any atom is 0.321 e. The zero-order valence-electron chi connectivity index (χ0n) is 15.9. The van der Waals surface area contributed by atoms with Gasteiger partial charge in [0.1, 0.15) is 0 Å². The van der Waals surface area contributed by atoms with E-state index in [0.717, 1.165) is 31.6 Å². The number of nitrogens with two attached hydrogens (primary N) is 1. The second-order valence-electron chi connectivity index (χ2n) is 7.43. The van der Waals surface area contributed by atoms with Crippen molar-refractivity contribution in [1.82, 2.24) is 9.80 Å². The maximum absolute atomic E-state index is 12.7. The van der Waals surface area contributed by atoms with Crippen molar-refractivity contribution >= 4 is 17.6 Å². The molecule has 27 heavy (non-hydrogen) atoms. The van der Waals surface area contributed by atoms with Crippen molar-refractivity contribution in [3.8, 4) is 0 Å². The molecule has 0 saturated carbocycles. The summed E-state index contributed by atoms with van der Waals surface area (Å²) in [6.07, 6.45) is 4.87. The number of benzene rings is 1. The highest BCUT2D eigenvalue weighted by molar-refractivity contribution is 5.89. The van der Waals surface area contributed by atoms with Crippen molar-refractivity contribution in [1.29, 1.82) is 0 Å². The third-order valence-electron chi connectivity index (χ3n) is 5.10. The first kappa shape index (κ1) is 19.6. The van der Waals surface area contributed by atoms with Crippen molar-refractivity contribution in [2.75, 3.05) is 44.6 Å². The lowest BCUT2D eigenvalue weighted by molar-refractivity contribution is -0.117. The summed E-state index contributed by atoms with van der Waals surface area (Å²) >= 11 is 0. The summed E-state index contributed by atoms with van der Waals surface area (Å²) in [5.74, 6) is -0.385. The first-order chi connectivity index (χ1) is 13.1. The molecule has 2 aliphatic rings. The van der Waals surface area contributed by atoms with Gasteiger partial charge in [-0.2, -0.15) is 0 Å². The minimum absolute atomic E-state index is 0.0533. The molecule has 3 amide bonds. The minimum atomic E-state index is -0.385. The van der Waals surface area contributed by atoms with Crippen LogP contribution in [0.15, 0.2) is 24.3 Å². The highest BCUT2D eigenvalue weighted by Gasteiger charge is 2.25. The fraction of sp³-hybridized carbons (Fsp3) is 0.600. The zero-order chi connectivity index (χ0) is 19.1. The normalized spacial score (nSPS) is 21.5. The molecule has 1 atom stereocenters. The smallest absolute Gasteiger partial charge is 0.321 e. The molecular weight excluding hydrogens is 344 g/mol. The molecule has 148 valence electrons. The quantitative estimate of drug-likeness (QED) is 0.823. The predicted molar refractivity (Wildman–Crippen MR) is 105 cm³/mol. The van der Waals surface area contributed by atoms with Gasteiger partial charge in [0.15, 0.2) is 0 Å². The molecule has 0 radical (unpaired) electrons. The van der Waals surface area contributed by atoms with E-state index in [1.165, 1.54) is 19.3 Å². The number of hydrogen-bond acceptors (Lipinski definition) is 4. The fourth-order valence-electron chi connectivity index (χ4n) is 3.78. The van der Waals surface area contributed by atoms with Gasteiger partial charge in [0, 0.05) is 31.9 Å².